The molecule has 1 saturated heterocycles. The Morgan fingerprint density at radius 3 is 2.88 bits per heavy atom. The fraction of sp³-hybridized carbons (Fsp3) is 0.417. The van der Waals surface area contributed by atoms with Crippen molar-refractivity contribution in [3.05, 3.63) is 34.6 Å². The normalized spacial score (nSPS) is 20.0. The maximum absolute atomic E-state index is 13.4. The molecule has 2 rings (SSSR count). The van der Waals surface area contributed by atoms with Gasteiger partial charge in [-0.3, -0.25) is 0 Å². The highest BCUT2D eigenvalue weighted by Gasteiger charge is 2.21. The van der Waals surface area contributed by atoms with E-state index in [2.05, 4.69) is 5.32 Å². The quantitative estimate of drug-likeness (QED) is 0.805. The fourth-order valence-electron chi connectivity index (χ4n) is 2.21. The first-order valence-electron chi connectivity index (χ1n) is 5.33. The van der Waals surface area contributed by atoms with Gasteiger partial charge in [0.15, 0.2) is 0 Å². The van der Waals surface area contributed by atoms with E-state index in [0.29, 0.717) is 5.92 Å². The van der Waals surface area contributed by atoms with Crippen molar-refractivity contribution in [3.63, 3.8) is 0 Å². The van der Waals surface area contributed by atoms with Crippen LogP contribution in [0.25, 0.3) is 0 Å². The lowest BCUT2D eigenvalue weighted by Crippen LogP contribution is -2.10. The number of benzene rings is 1. The van der Waals surface area contributed by atoms with E-state index in [1.165, 1.54) is 12.1 Å². The smallest absolute Gasteiger partial charge is 0.338 e. The van der Waals surface area contributed by atoms with Crippen molar-refractivity contribution in [3.8, 4) is 0 Å². The number of carbonyl (C=O) groups is 1. The Labute approximate surface area is 93.3 Å². The number of hydrogen-bond acceptors (Lipinski definition) is 2. The Kier molecular flexibility index (Phi) is 2.92. The van der Waals surface area contributed by atoms with Crippen LogP contribution in [0.15, 0.2) is 12.1 Å². The van der Waals surface area contributed by atoms with E-state index in [-0.39, 0.29) is 5.56 Å². The molecule has 0 aromatic heterocycles. The molecule has 0 bridgehead atoms. The largest absolute Gasteiger partial charge is 0.478 e. The lowest BCUT2D eigenvalue weighted by Gasteiger charge is -2.13. The van der Waals surface area contributed by atoms with Crippen molar-refractivity contribution >= 4 is 5.97 Å². The van der Waals surface area contributed by atoms with E-state index < -0.39 is 11.8 Å². The molecule has 4 heteroatoms. The molecular weight excluding hydrogens is 209 g/mol. The van der Waals surface area contributed by atoms with Crippen molar-refractivity contribution in [2.24, 2.45) is 0 Å². The minimum absolute atomic E-state index is 0.229. The van der Waals surface area contributed by atoms with Gasteiger partial charge in [0.25, 0.3) is 0 Å². The second kappa shape index (κ2) is 4.22. The Bertz CT molecular complexity index is 425. The number of halogens is 1. The fourth-order valence-corrected chi connectivity index (χ4v) is 2.21. The molecule has 1 fully saturated rings. The highest BCUT2D eigenvalue weighted by molar-refractivity contribution is 5.88. The topological polar surface area (TPSA) is 49.3 Å². The third-order valence-electron chi connectivity index (χ3n) is 3.09. The number of carboxylic acids is 1. The molecular formula is C12H14FNO2. The zero-order chi connectivity index (χ0) is 11.7. The lowest BCUT2D eigenvalue weighted by molar-refractivity contribution is 0.0691. The van der Waals surface area contributed by atoms with Gasteiger partial charge in [-0.05, 0) is 49.1 Å². The molecule has 0 spiro atoms. The van der Waals surface area contributed by atoms with Crippen LogP contribution in [-0.4, -0.2) is 24.2 Å². The third-order valence-corrected chi connectivity index (χ3v) is 3.09. The van der Waals surface area contributed by atoms with E-state index in [1.54, 1.807) is 0 Å². The van der Waals surface area contributed by atoms with Crippen LogP contribution in [-0.2, 0) is 0 Å². The van der Waals surface area contributed by atoms with E-state index in [4.69, 9.17) is 5.11 Å². The first-order chi connectivity index (χ1) is 7.59. The Morgan fingerprint density at radius 2 is 2.31 bits per heavy atom. The molecule has 0 aliphatic carbocycles. The third kappa shape index (κ3) is 1.93. The van der Waals surface area contributed by atoms with Crippen molar-refractivity contribution in [2.45, 2.75) is 19.3 Å². The second-order valence-corrected chi connectivity index (χ2v) is 4.18. The second-order valence-electron chi connectivity index (χ2n) is 4.18. The summed E-state index contributed by atoms with van der Waals surface area (Å²) in [6, 6.07) is 2.79. The summed E-state index contributed by atoms with van der Waals surface area (Å²) in [5, 5.41) is 12.1. The number of rotatable bonds is 2. The molecule has 1 atom stereocenters. The highest BCUT2D eigenvalue weighted by atomic mass is 19.1. The molecule has 86 valence electrons. The summed E-state index contributed by atoms with van der Waals surface area (Å²) in [5.41, 5.74) is 1.55. The predicted molar refractivity (Wildman–Crippen MR) is 58.3 cm³/mol. The number of hydrogen-bond donors (Lipinski definition) is 2. The van der Waals surface area contributed by atoms with Crippen LogP contribution in [0.5, 0.6) is 0 Å². The average Bonchev–Trinajstić information content (AvgIpc) is 2.70. The van der Waals surface area contributed by atoms with Crippen LogP contribution in [0.2, 0.25) is 0 Å². The minimum atomic E-state index is -1.20. The van der Waals surface area contributed by atoms with Crippen molar-refractivity contribution in [1.29, 1.82) is 0 Å². The zero-order valence-electron chi connectivity index (χ0n) is 9.09. The van der Waals surface area contributed by atoms with Gasteiger partial charge in [0.1, 0.15) is 5.82 Å². The van der Waals surface area contributed by atoms with Crippen LogP contribution in [0.3, 0.4) is 0 Å². The SMILES string of the molecule is Cc1cc(F)c(C(=O)O)cc1C1CCNC1. The van der Waals surface area contributed by atoms with Crippen LogP contribution < -0.4 is 5.32 Å². The summed E-state index contributed by atoms with van der Waals surface area (Å²) < 4.78 is 13.4. The van der Waals surface area contributed by atoms with Crippen LogP contribution >= 0.6 is 0 Å². The summed E-state index contributed by atoms with van der Waals surface area (Å²) in [5.74, 6) is -1.55. The van der Waals surface area contributed by atoms with Gasteiger partial charge in [-0.25, -0.2) is 9.18 Å². The van der Waals surface area contributed by atoms with E-state index in [9.17, 15) is 9.18 Å². The van der Waals surface area contributed by atoms with Gasteiger partial charge in [-0.2, -0.15) is 0 Å². The Balaban J connectivity index is 2.44. The van der Waals surface area contributed by atoms with Gasteiger partial charge < -0.3 is 10.4 Å². The van der Waals surface area contributed by atoms with Crippen molar-refractivity contribution < 1.29 is 14.3 Å². The number of carboxylic acid groups (broad SMARTS) is 1. The van der Waals surface area contributed by atoms with Gasteiger partial charge >= 0.3 is 5.97 Å². The molecule has 1 aliphatic rings. The predicted octanol–water partition coefficient (Wildman–Crippen LogP) is 1.91. The van der Waals surface area contributed by atoms with Gasteiger partial charge in [0, 0.05) is 6.54 Å². The Hall–Kier alpha value is -1.42. The van der Waals surface area contributed by atoms with Gasteiger partial charge in [0.05, 0.1) is 5.56 Å². The van der Waals surface area contributed by atoms with Gasteiger partial charge in [-0.1, -0.05) is 0 Å². The molecule has 16 heavy (non-hydrogen) atoms. The van der Waals surface area contributed by atoms with Crippen molar-refractivity contribution in [2.75, 3.05) is 13.1 Å². The van der Waals surface area contributed by atoms with E-state index in [0.717, 1.165) is 30.6 Å². The monoisotopic (exact) mass is 223 g/mol. The maximum Gasteiger partial charge on any atom is 0.338 e. The van der Waals surface area contributed by atoms with Gasteiger partial charge in [0.2, 0.25) is 0 Å². The Morgan fingerprint density at radius 1 is 1.56 bits per heavy atom. The standard InChI is InChI=1S/C12H14FNO2/c1-7-4-11(13)10(12(15)16)5-9(7)8-2-3-14-6-8/h4-5,8,14H,2-3,6H2,1H3,(H,15,16). The van der Waals surface area contributed by atoms with Crippen LogP contribution in [0.1, 0.15) is 33.8 Å². The molecule has 2 N–H and O–H groups in total. The van der Waals surface area contributed by atoms with E-state index in [1.807, 2.05) is 6.92 Å². The number of aromatic carboxylic acids is 1. The molecule has 3 nitrogen and oxygen atoms in total. The van der Waals surface area contributed by atoms with Gasteiger partial charge in [-0.15, -0.1) is 0 Å². The summed E-state index contributed by atoms with van der Waals surface area (Å²) in [4.78, 5) is 10.8. The molecule has 1 aromatic carbocycles. The molecule has 0 saturated carbocycles. The molecule has 1 aliphatic heterocycles. The summed E-state index contributed by atoms with van der Waals surface area (Å²) in [6.07, 6.45) is 0.978. The van der Waals surface area contributed by atoms with E-state index >= 15 is 0 Å². The lowest BCUT2D eigenvalue weighted by atomic mass is 9.92. The molecule has 1 aromatic rings. The highest BCUT2D eigenvalue weighted by Crippen LogP contribution is 2.27. The van der Waals surface area contributed by atoms with Crippen LogP contribution in [0.4, 0.5) is 4.39 Å². The number of nitrogens with one attached hydrogen (secondary N) is 1. The first kappa shape index (κ1) is 11.1. The average molecular weight is 223 g/mol. The zero-order valence-corrected chi connectivity index (χ0v) is 9.09. The minimum Gasteiger partial charge on any atom is -0.478 e. The molecule has 0 amide bonds. The van der Waals surface area contributed by atoms with Crippen LogP contribution in [0, 0.1) is 12.7 Å². The van der Waals surface area contributed by atoms with Crippen molar-refractivity contribution in [1.82, 2.24) is 5.32 Å². The molecule has 1 heterocycles. The number of aryl methyl sites for hydroxylation is 1. The molecule has 0 radical (unpaired) electrons. The summed E-state index contributed by atoms with van der Waals surface area (Å²) in [6.45, 7) is 3.60. The molecule has 1 unspecified atom stereocenters. The maximum atomic E-state index is 13.4. The summed E-state index contributed by atoms with van der Waals surface area (Å²) >= 11 is 0. The first-order valence-corrected chi connectivity index (χ1v) is 5.33. The summed E-state index contributed by atoms with van der Waals surface area (Å²) in [7, 11) is 0.